The van der Waals surface area contributed by atoms with Gasteiger partial charge in [-0.15, -0.1) is 0 Å². The molecule has 5 aromatic carbocycles. The topological polar surface area (TPSA) is 64.6 Å². The van der Waals surface area contributed by atoms with Crippen LogP contribution in [0, 0.1) is 0 Å². The quantitative estimate of drug-likeness (QED) is 0.163. The molecule has 1 N–H and O–H groups in total. The smallest absolute Gasteiger partial charge is 0.256 e. The van der Waals surface area contributed by atoms with Crippen LogP contribution in [-0.2, 0) is 4.79 Å². The maximum absolute atomic E-state index is 12.4. The lowest BCUT2D eigenvalue weighted by molar-refractivity contribution is -0.110. The molecule has 1 aliphatic rings. The van der Waals surface area contributed by atoms with Gasteiger partial charge in [0.2, 0.25) is 0 Å². The first kappa shape index (κ1) is 28.4. The number of hydrogen-bond acceptors (Lipinski definition) is 4. The van der Waals surface area contributed by atoms with Crippen molar-refractivity contribution >= 4 is 41.1 Å². The summed E-state index contributed by atoms with van der Waals surface area (Å²) >= 11 is 6.10. The van der Waals surface area contributed by atoms with E-state index < -0.39 is 0 Å². The Labute approximate surface area is 250 Å². The van der Waals surface area contributed by atoms with Gasteiger partial charge in [-0.25, -0.2) is 0 Å². The number of carbonyl (C=O) groups excluding carboxylic acids is 2. The SMILES string of the molecule is COc1ccc(/C=C2/C(=O)Nc3ccc(Cl)cc32)cc1-c1ccccc1.COc1ccc(C=O)cc1-c1ccccc1. The van der Waals surface area contributed by atoms with Gasteiger partial charge in [-0.3, -0.25) is 9.59 Å². The van der Waals surface area contributed by atoms with Crippen LogP contribution in [0.4, 0.5) is 5.69 Å². The Balaban J connectivity index is 0.000000189. The van der Waals surface area contributed by atoms with Gasteiger partial charge < -0.3 is 14.8 Å². The summed E-state index contributed by atoms with van der Waals surface area (Å²) in [5.74, 6) is 1.44. The molecule has 5 aromatic rings. The van der Waals surface area contributed by atoms with Crippen molar-refractivity contribution in [2.45, 2.75) is 0 Å². The van der Waals surface area contributed by atoms with Crippen molar-refractivity contribution in [2.24, 2.45) is 0 Å². The molecule has 0 unspecified atom stereocenters. The highest BCUT2D eigenvalue weighted by Crippen LogP contribution is 2.37. The summed E-state index contributed by atoms with van der Waals surface area (Å²) in [7, 11) is 3.28. The lowest BCUT2D eigenvalue weighted by Crippen LogP contribution is -2.03. The highest BCUT2D eigenvalue weighted by atomic mass is 35.5. The van der Waals surface area contributed by atoms with Gasteiger partial charge in [-0.2, -0.15) is 0 Å². The summed E-state index contributed by atoms with van der Waals surface area (Å²) in [6.45, 7) is 0. The van der Waals surface area contributed by atoms with Gasteiger partial charge in [0, 0.05) is 38.5 Å². The summed E-state index contributed by atoms with van der Waals surface area (Å²) in [5.41, 5.74) is 7.79. The summed E-state index contributed by atoms with van der Waals surface area (Å²) in [5, 5.41) is 3.48. The van der Waals surface area contributed by atoms with Crippen LogP contribution in [0.1, 0.15) is 21.5 Å². The van der Waals surface area contributed by atoms with E-state index in [0.29, 0.717) is 16.2 Å². The molecule has 42 heavy (non-hydrogen) atoms. The van der Waals surface area contributed by atoms with Crippen LogP contribution < -0.4 is 14.8 Å². The van der Waals surface area contributed by atoms with Crippen molar-refractivity contribution in [2.75, 3.05) is 19.5 Å². The van der Waals surface area contributed by atoms with Gasteiger partial charge in [0.15, 0.2) is 0 Å². The van der Waals surface area contributed by atoms with Gasteiger partial charge in [0.1, 0.15) is 17.8 Å². The fourth-order valence-corrected chi connectivity index (χ4v) is 4.94. The molecular weight excluding hydrogens is 546 g/mol. The number of carbonyl (C=O) groups is 2. The molecule has 1 amide bonds. The Morgan fingerprint density at radius 1 is 0.643 bits per heavy atom. The van der Waals surface area contributed by atoms with Gasteiger partial charge in [0.05, 0.1) is 14.2 Å². The highest BCUT2D eigenvalue weighted by Gasteiger charge is 2.24. The molecule has 5 nitrogen and oxygen atoms in total. The summed E-state index contributed by atoms with van der Waals surface area (Å²) in [4.78, 5) is 23.1. The monoisotopic (exact) mass is 573 g/mol. The number of ether oxygens (including phenoxy) is 2. The molecule has 0 aromatic heterocycles. The van der Waals surface area contributed by atoms with E-state index in [1.165, 1.54) is 0 Å². The molecule has 1 aliphatic heterocycles. The first-order valence-corrected chi connectivity index (χ1v) is 13.6. The van der Waals surface area contributed by atoms with Crippen molar-refractivity contribution in [3.63, 3.8) is 0 Å². The third-order valence-electron chi connectivity index (χ3n) is 6.83. The van der Waals surface area contributed by atoms with Gasteiger partial charge in [-0.05, 0) is 71.3 Å². The van der Waals surface area contributed by atoms with E-state index >= 15 is 0 Å². The first-order chi connectivity index (χ1) is 20.5. The van der Waals surface area contributed by atoms with Crippen molar-refractivity contribution in [1.82, 2.24) is 0 Å². The number of hydrogen-bond donors (Lipinski definition) is 1. The van der Waals surface area contributed by atoms with Crippen LogP contribution in [-0.4, -0.2) is 26.4 Å². The van der Waals surface area contributed by atoms with Crippen molar-refractivity contribution in [3.8, 4) is 33.8 Å². The third kappa shape index (κ3) is 6.27. The zero-order chi connectivity index (χ0) is 29.5. The number of methoxy groups -OCH3 is 2. The van der Waals surface area contributed by atoms with Crippen molar-refractivity contribution in [1.29, 1.82) is 0 Å². The number of benzene rings is 5. The Hall–Kier alpha value is -5.13. The molecule has 0 aliphatic carbocycles. The maximum atomic E-state index is 12.4. The molecule has 6 rings (SSSR count). The minimum Gasteiger partial charge on any atom is -0.496 e. The number of halogens is 1. The first-order valence-electron chi connectivity index (χ1n) is 13.3. The zero-order valence-corrected chi connectivity index (χ0v) is 23.9. The third-order valence-corrected chi connectivity index (χ3v) is 7.06. The highest BCUT2D eigenvalue weighted by molar-refractivity contribution is 6.36. The predicted molar refractivity (Wildman–Crippen MR) is 170 cm³/mol. The zero-order valence-electron chi connectivity index (χ0n) is 23.1. The van der Waals surface area contributed by atoms with E-state index in [1.54, 1.807) is 26.4 Å². The summed E-state index contributed by atoms with van der Waals surface area (Å²) in [6, 6.07) is 36.6. The molecular formula is C36H28ClNO4. The Bertz CT molecular complexity index is 1760. The second-order valence-electron chi connectivity index (χ2n) is 9.47. The minimum absolute atomic E-state index is 0.126. The lowest BCUT2D eigenvalue weighted by Gasteiger charge is -2.10. The van der Waals surface area contributed by atoms with E-state index in [9.17, 15) is 9.59 Å². The van der Waals surface area contributed by atoms with Gasteiger partial charge >= 0.3 is 0 Å². The summed E-state index contributed by atoms with van der Waals surface area (Å²) < 4.78 is 10.8. The largest absolute Gasteiger partial charge is 0.496 e. The molecule has 1 heterocycles. The van der Waals surface area contributed by atoms with E-state index in [1.807, 2.05) is 109 Å². The molecule has 0 radical (unpaired) electrons. The van der Waals surface area contributed by atoms with E-state index in [4.69, 9.17) is 21.1 Å². The van der Waals surface area contributed by atoms with E-state index in [0.717, 1.165) is 56.9 Å². The average Bonchev–Trinajstić information content (AvgIpc) is 3.35. The number of nitrogens with one attached hydrogen (secondary N) is 1. The number of aldehydes is 1. The van der Waals surface area contributed by atoms with Crippen LogP contribution in [0.5, 0.6) is 11.5 Å². The summed E-state index contributed by atoms with van der Waals surface area (Å²) in [6.07, 6.45) is 2.72. The number of amides is 1. The van der Waals surface area contributed by atoms with E-state index in [2.05, 4.69) is 5.32 Å². The fourth-order valence-electron chi connectivity index (χ4n) is 4.77. The minimum atomic E-state index is -0.126. The Morgan fingerprint density at radius 2 is 1.19 bits per heavy atom. The van der Waals surface area contributed by atoms with Crippen molar-refractivity contribution in [3.05, 3.63) is 137 Å². The van der Waals surface area contributed by atoms with Crippen molar-refractivity contribution < 1.29 is 19.1 Å². The predicted octanol–water partition coefficient (Wildman–Crippen LogP) is 8.68. The molecule has 208 valence electrons. The average molecular weight is 574 g/mol. The van der Waals surface area contributed by atoms with Crippen LogP contribution in [0.3, 0.4) is 0 Å². The molecule has 0 saturated carbocycles. The van der Waals surface area contributed by atoms with Gasteiger partial charge in [-0.1, -0.05) is 78.3 Å². The van der Waals surface area contributed by atoms with Crippen LogP contribution in [0.25, 0.3) is 33.9 Å². The lowest BCUT2D eigenvalue weighted by atomic mass is 9.99. The number of fused-ring (bicyclic) bond motifs is 1. The second kappa shape index (κ2) is 13.0. The second-order valence-corrected chi connectivity index (χ2v) is 9.91. The van der Waals surface area contributed by atoms with Crippen LogP contribution in [0.15, 0.2) is 115 Å². The van der Waals surface area contributed by atoms with Crippen LogP contribution >= 0.6 is 11.6 Å². The van der Waals surface area contributed by atoms with E-state index in [-0.39, 0.29) is 5.91 Å². The molecule has 0 spiro atoms. The van der Waals surface area contributed by atoms with Gasteiger partial charge in [0.25, 0.3) is 5.91 Å². The van der Waals surface area contributed by atoms with Crippen LogP contribution in [0.2, 0.25) is 5.02 Å². The molecule has 6 heteroatoms. The Kier molecular flexibility index (Phi) is 8.81. The molecule has 0 atom stereocenters. The molecule has 0 saturated heterocycles. The maximum Gasteiger partial charge on any atom is 0.256 e. The number of anilines is 1. The molecule has 0 bridgehead atoms. The standard InChI is InChI=1S/C22H16ClNO2.C14H12O2/c1-26-21-10-7-14(11-17(21)15-5-3-2-4-6-15)12-19-18-13-16(23)8-9-20(18)24-22(19)25;1-16-14-8-7-11(10-15)9-13(14)12-5-3-2-4-6-12/h2-13H,1H3,(H,24,25);2-10H,1H3/b19-12+;. The normalized spacial score (nSPS) is 12.5. The fraction of sp³-hybridized carbons (Fsp3) is 0.0556. The number of rotatable bonds is 6. The Morgan fingerprint density at radius 3 is 1.74 bits per heavy atom. The molecule has 0 fully saturated rings.